The molecule has 7 rings (SSSR count). The molecule has 1 fully saturated rings. The van der Waals surface area contributed by atoms with Crippen molar-refractivity contribution in [2.75, 3.05) is 11.1 Å². The lowest BCUT2D eigenvalue weighted by molar-refractivity contribution is -0.252. The number of nitrogens with two attached hydrogens (primary N) is 1. The predicted molar refractivity (Wildman–Crippen MR) is 214 cm³/mol. The molecule has 6 aromatic rings. The van der Waals surface area contributed by atoms with Gasteiger partial charge < -0.3 is 35.5 Å². The summed E-state index contributed by atoms with van der Waals surface area (Å²) in [5, 5.41) is 15.5. The summed E-state index contributed by atoms with van der Waals surface area (Å²) in [6.45, 7) is 1.07. The first kappa shape index (κ1) is 37.5. The summed E-state index contributed by atoms with van der Waals surface area (Å²) in [4.78, 5) is 29.4. The summed E-state index contributed by atoms with van der Waals surface area (Å²) in [6.07, 6.45) is 4.65. The number of imidazole rings is 1. The SMILES string of the molecule is Nc1ccccc1NC(=O)CCCCCC(=O)NCc1cccc(-c2ccc(C3OC(Cn4cnc5ccccc54)CC(c4ccc(CO)cc4)O3)cc2)c1. The molecule has 0 aliphatic carbocycles. The second kappa shape index (κ2) is 18.0. The molecule has 0 radical (unpaired) electrons. The number of ether oxygens (including phenoxy) is 2. The van der Waals surface area contributed by atoms with E-state index in [0.29, 0.717) is 56.6 Å². The van der Waals surface area contributed by atoms with Crippen LogP contribution in [0.1, 0.15) is 73.2 Å². The van der Waals surface area contributed by atoms with Crippen LogP contribution in [0.15, 0.2) is 128 Å². The Kier molecular flexibility index (Phi) is 12.3. The van der Waals surface area contributed by atoms with Crippen LogP contribution in [0, 0.1) is 0 Å². The molecule has 0 saturated carbocycles. The van der Waals surface area contributed by atoms with Crippen LogP contribution in [0.5, 0.6) is 0 Å². The summed E-state index contributed by atoms with van der Waals surface area (Å²) in [5.41, 5.74) is 15.0. The van der Waals surface area contributed by atoms with E-state index in [-0.39, 0.29) is 30.6 Å². The second-order valence-electron chi connectivity index (χ2n) is 14.0. The zero-order valence-corrected chi connectivity index (χ0v) is 30.8. The Bertz CT molecular complexity index is 2200. The molecule has 2 heterocycles. The minimum Gasteiger partial charge on any atom is -0.397 e. The number of aliphatic hydroxyl groups is 1. The molecular weight excluding hydrogens is 691 g/mol. The van der Waals surface area contributed by atoms with Crippen LogP contribution < -0.4 is 16.4 Å². The highest BCUT2D eigenvalue weighted by molar-refractivity contribution is 5.93. The van der Waals surface area contributed by atoms with Crippen LogP contribution >= 0.6 is 0 Å². The first-order valence-corrected chi connectivity index (χ1v) is 18.9. The fraction of sp³-hybridized carbons (Fsp3) is 0.267. The number of fused-ring (bicyclic) bond motifs is 1. The van der Waals surface area contributed by atoms with Crippen LogP contribution in [0.25, 0.3) is 22.2 Å². The largest absolute Gasteiger partial charge is 0.397 e. The molecule has 3 atom stereocenters. The molecule has 1 saturated heterocycles. The predicted octanol–water partition coefficient (Wildman–Crippen LogP) is 8.23. The van der Waals surface area contributed by atoms with Crippen LogP contribution in [-0.2, 0) is 38.8 Å². The number of carbonyl (C=O) groups is 2. The van der Waals surface area contributed by atoms with Gasteiger partial charge in [-0.1, -0.05) is 97.4 Å². The van der Waals surface area contributed by atoms with Crippen molar-refractivity contribution in [2.45, 2.75) is 76.7 Å². The van der Waals surface area contributed by atoms with Gasteiger partial charge in [0.05, 0.1) is 54.1 Å². The minimum atomic E-state index is -0.572. The van der Waals surface area contributed by atoms with Crippen molar-refractivity contribution in [2.24, 2.45) is 0 Å². The number of anilines is 2. The number of unbranched alkanes of at least 4 members (excludes halogenated alkanes) is 2. The van der Waals surface area contributed by atoms with Crippen LogP contribution in [0.3, 0.4) is 0 Å². The number of nitrogens with zero attached hydrogens (tertiary/aromatic N) is 2. The maximum Gasteiger partial charge on any atom is 0.224 e. The topological polar surface area (TPSA) is 141 Å². The highest BCUT2D eigenvalue weighted by atomic mass is 16.7. The third-order valence-corrected chi connectivity index (χ3v) is 10.0. The van der Waals surface area contributed by atoms with Crippen molar-refractivity contribution < 1.29 is 24.2 Å². The van der Waals surface area contributed by atoms with Gasteiger partial charge in [0.15, 0.2) is 6.29 Å². The van der Waals surface area contributed by atoms with Crippen LogP contribution in [0.2, 0.25) is 0 Å². The van der Waals surface area contributed by atoms with E-state index in [2.05, 4.69) is 62.6 Å². The number of aliphatic hydroxyl groups excluding tert-OH is 1. The Morgan fingerprint density at radius 1 is 0.764 bits per heavy atom. The summed E-state index contributed by atoms with van der Waals surface area (Å²) in [5.74, 6) is -0.0854. The maximum atomic E-state index is 12.6. The fourth-order valence-electron chi connectivity index (χ4n) is 6.96. The molecule has 282 valence electrons. The highest BCUT2D eigenvalue weighted by Crippen LogP contribution is 2.39. The van der Waals surface area contributed by atoms with Crippen molar-refractivity contribution in [3.05, 3.63) is 150 Å². The van der Waals surface area contributed by atoms with Gasteiger partial charge in [0, 0.05) is 31.4 Å². The van der Waals surface area contributed by atoms with E-state index in [0.717, 1.165) is 50.8 Å². The van der Waals surface area contributed by atoms with E-state index in [4.69, 9.17) is 15.2 Å². The molecule has 1 aliphatic rings. The molecule has 1 aliphatic heterocycles. The third-order valence-electron chi connectivity index (χ3n) is 10.0. The van der Waals surface area contributed by atoms with E-state index < -0.39 is 6.29 Å². The van der Waals surface area contributed by atoms with Gasteiger partial charge in [-0.15, -0.1) is 0 Å². The quantitative estimate of drug-likeness (QED) is 0.0615. The molecule has 0 bridgehead atoms. The van der Waals surface area contributed by atoms with Crippen molar-refractivity contribution >= 4 is 34.2 Å². The number of nitrogen functional groups attached to an aromatic ring is 1. The third kappa shape index (κ3) is 9.85. The molecule has 55 heavy (non-hydrogen) atoms. The number of hydrogen-bond acceptors (Lipinski definition) is 7. The number of nitrogens with one attached hydrogen (secondary N) is 2. The van der Waals surface area contributed by atoms with Crippen molar-refractivity contribution in [3.63, 3.8) is 0 Å². The van der Waals surface area contributed by atoms with Gasteiger partial charge in [0.1, 0.15) is 0 Å². The Morgan fingerprint density at radius 3 is 2.31 bits per heavy atom. The fourth-order valence-corrected chi connectivity index (χ4v) is 6.96. The summed E-state index contributed by atoms with van der Waals surface area (Å²) in [6, 6.07) is 39.6. The standard InChI is InChI=1S/C45H47N5O5/c46-38-11-4-5-12-39(38)49-44(53)16-3-1-2-15-43(52)47-27-32-9-8-10-36(25-32)33-21-23-35(24-22-33)45-54-37(28-50-30-48-40-13-6-7-14-41(40)50)26-42(55-45)34-19-17-31(29-51)18-20-34/h4-14,17-25,30,37,42,45,51H,1-3,15-16,26-29,46H2,(H,47,52)(H,49,53). The Balaban J connectivity index is 0.930. The van der Waals surface area contributed by atoms with Gasteiger partial charge in [-0.05, 0) is 71.0 Å². The molecule has 0 spiro atoms. The first-order valence-electron chi connectivity index (χ1n) is 18.9. The van der Waals surface area contributed by atoms with Gasteiger partial charge in [-0.2, -0.15) is 0 Å². The van der Waals surface area contributed by atoms with E-state index >= 15 is 0 Å². The zero-order chi connectivity index (χ0) is 38.0. The van der Waals surface area contributed by atoms with Gasteiger partial charge in [0.2, 0.25) is 11.8 Å². The number of aromatic nitrogens is 2. The number of rotatable bonds is 15. The minimum absolute atomic E-state index is 0.00524. The summed E-state index contributed by atoms with van der Waals surface area (Å²) in [7, 11) is 0. The van der Waals surface area contributed by atoms with Gasteiger partial charge in [0.25, 0.3) is 0 Å². The number of amides is 2. The lowest BCUT2D eigenvalue weighted by Gasteiger charge is -2.36. The molecule has 5 aromatic carbocycles. The van der Waals surface area contributed by atoms with Crippen molar-refractivity contribution in [3.8, 4) is 11.1 Å². The normalized spacial score (nSPS) is 16.9. The lowest BCUT2D eigenvalue weighted by atomic mass is 9.99. The van der Waals surface area contributed by atoms with E-state index in [1.54, 1.807) is 12.1 Å². The number of hydrogen-bond donors (Lipinski definition) is 4. The average molecular weight is 738 g/mol. The summed E-state index contributed by atoms with van der Waals surface area (Å²) >= 11 is 0. The van der Waals surface area contributed by atoms with E-state index in [1.807, 2.05) is 73.1 Å². The smallest absolute Gasteiger partial charge is 0.224 e. The van der Waals surface area contributed by atoms with E-state index in [1.165, 1.54) is 0 Å². The highest BCUT2D eigenvalue weighted by Gasteiger charge is 2.32. The summed E-state index contributed by atoms with van der Waals surface area (Å²) < 4.78 is 15.3. The molecule has 1 aromatic heterocycles. The van der Waals surface area contributed by atoms with Gasteiger partial charge in [-0.3, -0.25) is 9.59 Å². The lowest BCUT2D eigenvalue weighted by Crippen LogP contribution is -2.32. The molecule has 10 nitrogen and oxygen atoms in total. The zero-order valence-electron chi connectivity index (χ0n) is 30.8. The average Bonchev–Trinajstić information content (AvgIpc) is 3.63. The van der Waals surface area contributed by atoms with Crippen LogP contribution in [0.4, 0.5) is 11.4 Å². The van der Waals surface area contributed by atoms with Gasteiger partial charge in [-0.25, -0.2) is 4.98 Å². The monoisotopic (exact) mass is 737 g/mol. The Morgan fingerprint density at radius 2 is 1.51 bits per heavy atom. The number of carbonyl (C=O) groups excluding carboxylic acids is 2. The van der Waals surface area contributed by atoms with Crippen LogP contribution in [-0.4, -0.2) is 32.6 Å². The first-order chi connectivity index (χ1) is 26.9. The molecule has 5 N–H and O–H groups in total. The van der Waals surface area contributed by atoms with Crippen molar-refractivity contribution in [1.82, 2.24) is 14.9 Å². The molecule has 2 amide bonds. The Hall–Kier alpha value is -5.81. The molecule has 10 heteroatoms. The maximum absolute atomic E-state index is 12.6. The number of para-hydroxylation sites is 4. The van der Waals surface area contributed by atoms with Gasteiger partial charge >= 0.3 is 0 Å². The number of benzene rings is 5. The Labute approximate surface area is 321 Å². The second-order valence-corrected chi connectivity index (χ2v) is 14.0. The van der Waals surface area contributed by atoms with Crippen molar-refractivity contribution in [1.29, 1.82) is 0 Å². The van der Waals surface area contributed by atoms with E-state index in [9.17, 15) is 14.7 Å². The molecular formula is C45H47N5O5. The molecule has 3 unspecified atom stereocenters.